The molecule has 158 valence electrons. The Labute approximate surface area is 182 Å². The van der Waals surface area contributed by atoms with Crippen molar-refractivity contribution in [2.45, 2.75) is 32.0 Å². The first-order chi connectivity index (χ1) is 14.6. The van der Waals surface area contributed by atoms with E-state index in [0.717, 1.165) is 11.3 Å². The minimum absolute atomic E-state index is 0.106. The number of aromatic nitrogens is 3. The normalized spacial score (nSPS) is 10.7. The number of furan rings is 1. The van der Waals surface area contributed by atoms with Crippen molar-refractivity contribution in [3.8, 4) is 11.6 Å². The summed E-state index contributed by atoms with van der Waals surface area (Å²) in [5, 5.41) is 12.2. The molecule has 30 heavy (non-hydrogen) atoms. The molecule has 10 heteroatoms. The molecule has 0 spiro atoms. The van der Waals surface area contributed by atoms with E-state index in [0.29, 0.717) is 33.9 Å². The number of nitrogens with zero attached hydrogens (tertiary/aromatic N) is 3. The number of thioether (sulfide) groups is 1. The van der Waals surface area contributed by atoms with Gasteiger partial charge in [-0.05, 0) is 31.5 Å². The van der Waals surface area contributed by atoms with Crippen LogP contribution in [0.5, 0.6) is 0 Å². The monoisotopic (exact) mass is 446 g/mol. The number of hydrogen-bond acceptors (Lipinski definition) is 8. The van der Waals surface area contributed by atoms with Gasteiger partial charge in [-0.25, -0.2) is 4.79 Å². The highest BCUT2D eigenvalue weighted by Gasteiger charge is 2.20. The highest BCUT2D eigenvalue weighted by molar-refractivity contribution is 7.99. The molecular formula is C20H22N4O4S2. The maximum atomic E-state index is 12.5. The number of carbonyl (C=O) groups is 2. The van der Waals surface area contributed by atoms with Gasteiger partial charge < -0.3 is 14.5 Å². The summed E-state index contributed by atoms with van der Waals surface area (Å²) in [6.07, 6.45) is 4.06. The second-order valence-electron chi connectivity index (χ2n) is 6.05. The fourth-order valence-corrected chi connectivity index (χ4v) is 4.39. The summed E-state index contributed by atoms with van der Waals surface area (Å²) < 4.78 is 12.3. The number of carbonyl (C=O) groups excluding carboxylic acids is 2. The molecule has 0 saturated heterocycles. The summed E-state index contributed by atoms with van der Waals surface area (Å²) in [5.41, 5.74) is 0.381. The maximum Gasteiger partial charge on any atom is 0.341 e. The predicted molar refractivity (Wildman–Crippen MR) is 117 cm³/mol. The van der Waals surface area contributed by atoms with Crippen molar-refractivity contribution in [1.29, 1.82) is 0 Å². The van der Waals surface area contributed by atoms with E-state index in [2.05, 4.69) is 22.1 Å². The fourth-order valence-electron chi connectivity index (χ4n) is 2.64. The summed E-state index contributed by atoms with van der Waals surface area (Å²) in [6.45, 7) is 8.25. The van der Waals surface area contributed by atoms with Crippen molar-refractivity contribution in [2.24, 2.45) is 0 Å². The molecule has 8 nitrogen and oxygen atoms in total. The average molecular weight is 447 g/mol. The van der Waals surface area contributed by atoms with E-state index < -0.39 is 5.97 Å². The molecule has 0 aliphatic rings. The van der Waals surface area contributed by atoms with Crippen molar-refractivity contribution in [3.63, 3.8) is 0 Å². The Bertz CT molecular complexity index is 1020. The lowest BCUT2D eigenvalue weighted by Crippen LogP contribution is -2.16. The standard InChI is InChI=1S/C20H22N4O4S2/c1-4-9-24-17(15-8-7-10-28-15)22-23-20(24)29-12-16(25)21-18-14(19(26)27-6-3)11-13(5-2)30-18/h4,7-8,10-11H,1,5-6,9,12H2,2-3H3,(H,21,25). The number of nitrogens with one attached hydrogen (secondary N) is 1. The van der Waals surface area contributed by atoms with E-state index in [9.17, 15) is 9.59 Å². The number of allylic oxidation sites excluding steroid dienone is 1. The Morgan fingerprint density at radius 2 is 2.23 bits per heavy atom. The highest BCUT2D eigenvalue weighted by atomic mass is 32.2. The van der Waals surface area contributed by atoms with Crippen molar-refractivity contribution >= 4 is 40.0 Å². The van der Waals surface area contributed by atoms with Crippen LogP contribution in [0.15, 0.2) is 46.7 Å². The predicted octanol–water partition coefficient (Wildman–Crippen LogP) is 4.26. The van der Waals surface area contributed by atoms with E-state index in [1.807, 2.05) is 11.5 Å². The van der Waals surface area contributed by atoms with Gasteiger partial charge in [0.1, 0.15) is 5.00 Å². The molecule has 3 rings (SSSR count). The molecule has 0 unspecified atom stereocenters. The van der Waals surface area contributed by atoms with Crippen LogP contribution in [0.4, 0.5) is 5.00 Å². The van der Waals surface area contributed by atoms with Gasteiger partial charge in [0.2, 0.25) is 11.7 Å². The highest BCUT2D eigenvalue weighted by Crippen LogP contribution is 2.30. The molecule has 0 aliphatic carbocycles. The molecule has 0 aromatic carbocycles. The molecule has 3 aromatic heterocycles. The third-order valence-electron chi connectivity index (χ3n) is 3.98. The van der Waals surface area contributed by atoms with Crippen LogP contribution < -0.4 is 5.32 Å². The average Bonchev–Trinajstić information content (AvgIpc) is 3.46. The Morgan fingerprint density at radius 3 is 2.90 bits per heavy atom. The van der Waals surface area contributed by atoms with Crippen LogP contribution in [-0.4, -0.2) is 39.0 Å². The molecule has 3 aromatic rings. The van der Waals surface area contributed by atoms with Crippen LogP contribution in [0.3, 0.4) is 0 Å². The Balaban J connectivity index is 1.70. The molecule has 0 saturated carbocycles. The SMILES string of the molecule is C=CCn1c(SCC(=O)Nc2sc(CC)cc2C(=O)OCC)nnc1-c1ccco1. The van der Waals surface area contributed by atoms with Crippen molar-refractivity contribution < 1.29 is 18.7 Å². The second-order valence-corrected chi connectivity index (χ2v) is 8.13. The Hall–Kier alpha value is -2.85. The first-order valence-electron chi connectivity index (χ1n) is 9.37. The number of amides is 1. The molecule has 3 heterocycles. The van der Waals surface area contributed by atoms with Crippen LogP contribution in [0, 0.1) is 0 Å². The van der Waals surface area contributed by atoms with Gasteiger partial charge in [0.05, 0.1) is 24.2 Å². The molecule has 1 amide bonds. The van der Waals surface area contributed by atoms with Crippen LogP contribution in [0.1, 0.15) is 29.1 Å². The number of hydrogen-bond donors (Lipinski definition) is 1. The van der Waals surface area contributed by atoms with E-state index in [1.165, 1.54) is 23.1 Å². The number of ether oxygens (including phenoxy) is 1. The molecule has 0 aliphatic heterocycles. The zero-order valence-corrected chi connectivity index (χ0v) is 18.3. The number of thiophene rings is 1. The zero-order valence-electron chi connectivity index (χ0n) is 16.7. The summed E-state index contributed by atoms with van der Waals surface area (Å²) in [4.78, 5) is 25.7. The van der Waals surface area contributed by atoms with Crippen LogP contribution >= 0.6 is 23.1 Å². The van der Waals surface area contributed by atoms with Gasteiger partial charge in [0.15, 0.2) is 10.9 Å². The lowest BCUT2D eigenvalue weighted by atomic mass is 10.2. The van der Waals surface area contributed by atoms with Crippen LogP contribution in [0.2, 0.25) is 0 Å². The van der Waals surface area contributed by atoms with Gasteiger partial charge in [-0.3, -0.25) is 9.36 Å². The molecule has 0 radical (unpaired) electrons. The topological polar surface area (TPSA) is 99.2 Å². The third kappa shape index (κ3) is 5.00. The molecule has 0 bridgehead atoms. The number of rotatable bonds is 10. The quantitative estimate of drug-likeness (QED) is 0.282. The van der Waals surface area contributed by atoms with Crippen molar-refractivity contribution in [3.05, 3.63) is 47.6 Å². The van der Waals surface area contributed by atoms with E-state index >= 15 is 0 Å². The number of esters is 1. The van der Waals surface area contributed by atoms with Crippen molar-refractivity contribution in [1.82, 2.24) is 14.8 Å². The van der Waals surface area contributed by atoms with Crippen molar-refractivity contribution in [2.75, 3.05) is 17.7 Å². The molecule has 0 atom stereocenters. The first kappa shape index (κ1) is 21.8. The van der Waals surface area contributed by atoms with Gasteiger partial charge in [-0.1, -0.05) is 24.8 Å². The summed E-state index contributed by atoms with van der Waals surface area (Å²) in [6, 6.07) is 5.33. The minimum Gasteiger partial charge on any atom is -0.462 e. The second kappa shape index (κ2) is 10.3. The number of aryl methyl sites for hydroxylation is 1. The Kier molecular flexibility index (Phi) is 7.47. The minimum atomic E-state index is -0.440. The summed E-state index contributed by atoms with van der Waals surface area (Å²) >= 11 is 2.62. The van der Waals surface area contributed by atoms with Gasteiger partial charge in [0.25, 0.3) is 0 Å². The third-order valence-corrected chi connectivity index (χ3v) is 6.14. The van der Waals surface area contributed by atoms with E-state index in [-0.39, 0.29) is 18.3 Å². The lowest BCUT2D eigenvalue weighted by molar-refractivity contribution is -0.113. The van der Waals surface area contributed by atoms with Gasteiger partial charge in [-0.2, -0.15) is 0 Å². The number of anilines is 1. The summed E-state index contributed by atoms with van der Waals surface area (Å²) in [5.74, 6) is 0.575. The summed E-state index contributed by atoms with van der Waals surface area (Å²) in [7, 11) is 0. The first-order valence-corrected chi connectivity index (χ1v) is 11.2. The van der Waals surface area contributed by atoms with E-state index in [1.54, 1.807) is 37.5 Å². The maximum absolute atomic E-state index is 12.5. The van der Waals surface area contributed by atoms with Crippen LogP contribution in [0.25, 0.3) is 11.6 Å². The molecule has 1 N–H and O–H groups in total. The Morgan fingerprint density at radius 1 is 1.40 bits per heavy atom. The van der Waals surface area contributed by atoms with Gasteiger partial charge in [0, 0.05) is 11.4 Å². The molecule has 0 fully saturated rings. The van der Waals surface area contributed by atoms with E-state index in [4.69, 9.17) is 9.15 Å². The van der Waals surface area contributed by atoms with Gasteiger partial charge in [-0.15, -0.1) is 28.1 Å². The smallest absolute Gasteiger partial charge is 0.341 e. The van der Waals surface area contributed by atoms with Gasteiger partial charge >= 0.3 is 5.97 Å². The fraction of sp³-hybridized carbons (Fsp3) is 0.300. The lowest BCUT2D eigenvalue weighted by Gasteiger charge is -2.07. The largest absolute Gasteiger partial charge is 0.462 e. The molecular weight excluding hydrogens is 424 g/mol. The zero-order chi connectivity index (χ0) is 21.5. The van der Waals surface area contributed by atoms with Crippen LogP contribution in [-0.2, 0) is 22.5 Å².